The number of nitrogens with zero attached hydrogens (tertiary/aromatic N) is 1. The molecule has 2 aliphatic heterocycles. The van der Waals surface area contributed by atoms with Crippen molar-refractivity contribution in [2.75, 3.05) is 13.1 Å². The zero-order valence-corrected chi connectivity index (χ0v) is 12.2. The average molecular weight is 272 g/mol. The fraction of sp³-hybridized carbons (Fsp3) is 0.588. The van der Waals surface area contributed by atoms with Crippen LogP contribution in [0.1, 0.15) is 44.1 Å². The van der Waals surface area contributed by atoms with Crippen molar-refractivity contribution >= 4 is 5.91 Å². The molecule has 0 aromatic heterocycles. The Morgan fingerprint density at radius 3 is 2.70 bits per heavy atom. The van der Waals surface area contributed by atoms with Gasteiger partial charge in [0.05, 0.1) is 6.04 Å². The van der Waals surface area contributed by atoms with E-state index in [1.807, 2.05) is 0 Å². The number of hydrogen-bond acceptors (Lipinski definition) is 2. The summed E-state index contributed by atoms with van der Waals surface area (Å²) in [6, 6.07) is 11.0. The predicted octanol–water partition coefficient (Wildman–Crippen LogP) is 2.53. The Labute approximate surface area is 121 Å². The van der Waals surface area contributed by atoms with Gasteiger partial charge >= 0.3 is 0 Å². The van der Waals surface area contributed by atoms with Crippen LogP contribution < -0.4 is 5.32 Å². The van der Waals surface area contributed by atoms with Crippen molar-refractivity contribution in [2.45, 2.75) is 50.6 Å². The van der Waals surface area contributed by atoms with Crippen LogP contribution >= 0.6 is 0 Å². The summed E-state index contributed by atoms with van der Waals surface area (Å²) >= 11 is 0. The van der Waals surface area contributed by atoms with E-state index in [9.17, 15) is 4.79 Å². The van der Waals surface area contributed by atoms with Gasteiger partial charge in [-0.3, -0.25) is 4.79 Å². The molecule has 1 aromatic rings. The molecule has 3 nitrogen and oxygen atoms in total. The molecular formula is C17H24N2O. The van der Waals surface area contributed by atoms with Crippen molar-refractivity contribution in [3.63, 3.8) is 0 Å². The minimum Gasteiger partial charge on any atom is -0.338 e. The second kappa shape index (κ2) is 5.96. The monoisotopic (exact) mass is 272 g/mol. The van der Waals surface area contributed by atoms with Crippen molar-refractivity contribution in [1.29, 1.82) is 0 Å². The van der Waals surface area contributed by atoms with Crippen LogP contribution in [0.2, 0.25) is 0 Å². The molecule has 2 heterocycles. The van der Waals surface area contributed by atoms with Crippen LogP contribution in [0.3, 0.4) is 0 Å². The molecule has 1 aromatic carbocycles. The lowest BCUT2D eigenvalue weighted by atomic mass is 9.92. The smallest absolute Gasteiger partial charge is 0.239 e. The molecule has 2 saturated heterocycles. The summed E-state index contributed by atoms with van der Waals surface area (Å²) in [7, 11) is 0. The highest BCUT2D eigenvalue weighted by Crippen LogP contribution is 2.33. The van der Waals surface area contributed by atoms with Crippen molar-refractivity contribution in [1.82, 2.24) is 10.2 Å². The number of amides is 1. The third-order valence-corrected chi connectivity index (χ3v) is 4.87. The van der Waals surface area contributed by atoms with E-state index >= 15 is 0 Å². The Bertz CT molecular complexity index is 453. The lowest BCUT2D eigenvalue weighted by molar-refractivity contribution is -0.134. The second-order valence-corrected chi connectivity index (χ2v) is 6.08. The molecular weight excluding hydrogens is 248 g/mol. The molecule has 0 radical (unpaired) electrons. The Balaban J connectivity index is 1.69. The van der Waals surface area contributed by atoms with E-state index in [1.165, 1.54) is 18.4 Å². The van der Waals surface area contributed by atoms with E-state index in [0.29, 0.717) is 17.9 Å². The summed E-state index contributed by atoms with van der Waals surface area (Å²) in [6.07, 6.45) is 4.46. The third-order valence-electron chi connectivity index (χ3n) is 4.87. The van der Waals surface area contributed by atoms with E-state index in [0.717, 1.165) is 25.9 Å². The zero-order chi connectivity index (χ0) is 13.9. The van der Waals surface area contributed by atoms with Crippen molar-refractivity contribution in [3.8, 4) is 0 Å². The van der Waals surface area contributed by atoms with Gasteiger partial charge in [0.15, 0.2) is 0 Å². The maximum Gasteiger partial charge on any atom is 0.239 e. The zero-order valence-electron chi connectivity index (χ0n) is 12.2. The minimum atomic E-state index is 0.0562. The lowest BCUT2D eigenvalue weighted by Gasteiger charge is -2.31. The van der Waals surface area contributed by atoms with Gasteiger partial charge in [-0.2, -0.15) is 0 Å². The highest BCUT2D eigenvalue weighted by molar-refractivity contribution is 5.82. The summed E-state index contributed by atoms with van der Waals surface area (Å²) in [5.74, 6) is 0.805. The van der Waals surface area contributed by atoms with Gasteiger partial charge in [-0.25, -0.2) is 0 Å². The first-order valence-electron chi connectivity index (χ1n) is 7.86. The number of likely N-dealkylation sites (tertiary alicyclic amines) is 1. The van der Waals surface area contributed by atoms with Gasteiger partial charge in [0.1, 0.15) is 0 Å². The highest BCUT2D eigenvalue weighted by Gasteiger charge is 2.37. The van der Waals surface area contributed by atoms with Crippen LogP contribution in [0.4, 0.5) is 0 Å². The molecule has 108 valence electrons. The standard InChI is InChI=1S/C17H24N2O/c1-13-15(14-7-3-2-4-8-14)10-12-19(13)17(20)16-9-5-6-11-18-16/h2-4,7-8,13,15-16,18H,5-6,9-12H2,1H3. The summed E-state index contributed by atoms with van der Waals surface area (Å²) in [5, 5.41) is 3.38. The fourth-order valence-electron chi connectivity index (χ4n) is 3.66. The first kappa shape index (κ1) is 13.6. The van der Waals surface area contributed by atoms with E-state index in [-0.39, 0.29) is 6.04 Å². The number of hydrogen-bond donors (Lipinski definition) is 1. The fourth-order valence-corrected chi connectivity index (χ4v) is 3.66. The van der Waals surface area contributed by atoms with Gasteiger partial charge < -0.3 is 10.2 Å². The molecule has 3 rings (SSSR count). The van der Waals surface area contributed by atoms with Crippen molar-refractivity contribution in [3.05, 3.63) is 35.9 Å². The maximum atomic E-state index is 12.7. The molecule has 20 heavy (non-hydrogen) atoms. The number of benzene rings is 1. The SMILES string of the molecule is CC1C(c2ccccc2)CCN1C(=O)C1CCCCN1. The number of rotatable bonds is 2. The van der Waals surface area contributed by atoms with Crippen LogP contribution in [0.5, 0.6) is 0 Å². The quantitative estimate of drug-likeness (QED) is 0.897. The molecule has 0 saturated carbocycles. The van der Waals surface area contributed by atoms with Crippen molar-refractivity contribution in [2.24, 2.45) is 0 Å². The molecule has 0 spiro atoms. The molecule has 3 heteroatoms. The largest absolute Gasteiger partial charge is 0.338 e. The van der Waals surface area contributed by atoms with Crippen molar-refractivity contribution < 1.29 is 4.79 Å². The Kier molecular flexibility index (Phi) is 4.06. The first-order chi connectivity index (χ1) is 9.77. The van der Waals surface area contributed by atoms with Gasteiger partial charge in [0, 0.05) is 18.5 Å². The van der Waals surface area contributed by atoms with Crippen LogP contribution in [0.25, 0.3) is 0 Å². The van der Waals surface area contributed by atoms with Gasteiger partial charge in [-0.05, 0) is 38.3 Å². The third kappa shape index (κ3) is 2.59. The van der Waals surface area contributed by atoms with Gasteiger partial charge in [-0.15, -0.1) is 0 Å². The number of nitrogens with one attached hydrogen (secondary N) is 1. The van der Waals surface area contributed by atoms with E-state index in [1.54, 1.807) is 0 Å². The summed E-state index contributed by atoms with van der Waals surface area (Å²) in [5.41, 5.74) is 1.37. The van der Waals surface area contributed by atoms with Crippen LogP contribution in [-0.4, -0.2) is 36.0 Å². The number of carbonyl (C=O) groups is 1. The number of carbonyl (C=O) groups excluding carboxylic acids is 1. The van der Waals surface area contributed by atoms with Gasteiger partial charge in [-0.1, -0.05) is 36.8 Å². The summed E-state index contributed by atoms with van der Waals surface area (Å²) < 4.78 is 0. The number of piperidine rings is 1. The predicted molar refractivity (Wildman–Crippen MR) is 80.6 cm³/mol. The van der Waals surface area contributed by atoms with Gasteiger partial charge in [0.2, 0.25) is 5.91 Å². The average Bonchev–Trinajstić information content (AvgIpc) is 2.90. The molecule has 1 amide bonds. The summed E-state index contributed by atoms with van der Waals surface area (Å²) in [6.45, 7) is 4.09. The van der Waals surface area contributed by atoms with Crippen LogP contribution in [-0.2, 0) is 4.79 Å². The Hall–Kier alpha value is -1.35. The molecule has 1 N–H and O–H groups in total. The molecule has 2 fully saturated rings. The normalized spacial score (nSPS) is 30.4. The van der Waals surface area contributed by atoms with Gasteiger partial charge in [0.25, 0.3) is 0 Å². The molecule has 0 aliphatic carbocycles. The summed E-state index contributed by atoms with van der Waals surface area (Å²) in [4.78, 5) is 14.7. The molecule has 2 aliphatic rings. The first-order valence-corrected chi connectivity index (χ1v) is 7.86. The Morgan fingerprint density at radius 2 is 2.00 bits per heavy atom. The second-order valence-electron chi connectivity index (χ2n) is 6.08. The molecule has 3 atom stereocenters. The highest BCUT2D eigenvalue weighted by atomic mass is 16.2. The lowest BCUT2D eigenvalue weighted by Crippen LogP contribution is -2.49. The Morgan fingerprint density at radius 1 is 1.20 bits per heavy atom. The molecule has 0 bridgehead atoms. The van der Waals surface area contributed by atoms with E-state index in [4.69, 9.17) is 0 Å². The van der Waals surface area contributed by atoms with E-state index < -0.39 is 0 Å². The van der Waals surface area contributed by atoms with Crippen LogP contribution in [0, 0.1) is 0 Å². The topological polar surface area (TPSA) is 32.3 Å². The minimum absolute atomic E-state index is 0.0562. The maximum absolute atomic E-state index is 12.7. The van der Waals surface area contributed by atoms with Crippen LogP contribution in [0.15, 0.2) is 30.3 Å². The van der Waals surface area contributed by atoms with E-state index in [2.05, 4.69) is 47.5 Å². The molecule has 3 unspecified atom stereocenters.